The zero-order chi connectivity index (χ0) is 21.2. The Morgan fingerprint density at radius 2 is 1.31 bits per heavy atom. The Morgan fingerprint density at radius 3 is 1.86 bits per heavy atom. The Balaban J connectivity index is 0.00000145. The number of carbonyl (C=O) groups excluding carboxylic acids is 2. The van der Waals surface area contributed by atoms with Crippen molar-refractivity contribution in [2.75, 3.05) is 0 Å². The molecule has 29 heavy (non-hydrogen) atoms. The van der Waals surface area contributed by atoms with Crippen molar-refractivity contribution in [3.05, 3.63) is 107 Å². The maximum absolute atomic E-state index is 13.3. The average molecular weight is 406 g/mol. The number of rotatable bonds is 6. The topological polar surface area (TPSA) is 60.4 Å². The van der Waals surface area contributed by atoms with Crippen LogP contribution in [0.5, 0.6) is 0 Å². The van der Waals surface area contributed by atoms with Crippen LogP contribution < -0.4 is 0 Å². The smallest absolute Gasteiger partial charge is 0.321 e. The van der Waals surface area contributed by atoms with Gasteiger partial charge in [-0.25, -0.2) is 0 Å². The second kappa shape index (κ2) is 11.0. The lowest BCUT2D eigenvalue weighted by atomic mass is 9.87. The summed E-state index contributed by atoms with van der Waals surface area (Å²) in [6.07, 6.45) is 0. The van der Waals surface area contributed by atoms with E-state index in [1.807, 2.05) is 80.6 Å². The van der Waals surface area contributed by atoms with Crippen LogP contribution in [0.4, 0.5) is 0 Å². The van der Waals surface area contributed by atoms with Crippen LogP contribution >= 0.6 is 9.12 Å². The summed E-state index contributed by atoms with van der Waals surface area (Å²) in [5.41, 5.74) is 3.83. The van der Waals surface area contributed by atoms with Gasteiger partial charge in [-0.15, -0.1) is 0 Å². The second-order valence-corrected chi connectivity index (χ2v) is 6.57. The first-order valence-electron chi connectivity index (χ1n) is 9.14. The molecule has 4 nitrogen and oxygen atoms in total. The van der Waals surface area contributed by atoms with Gasteiger partial charge in [-0.3, -0.25) is 14.2 Å². The molecule has 0 fully saturated rings. The number of benzene rings is 3. The number of ether oxygens (including phenoxy) is 1. The van der Waals surface area contributed by atoms with Crippen molar-refractivity contribution >= 4 is 20.9 Å². The van der Waals surface area contributed by atoms with Gasteiger partial charge in [0.15, 0.2) is 5.78 Å². The lowest BCUT2D eigenvalue weighted by Crippen LogP contribution is -2.25. The van der Waals surface area contributed by atoms with Crippen molar-refractivity contribution in [1.29, 1.82) is 0 Å². The molecule has 5 heteroatoms. The van der Waals surface area contributed by atoms with Gasteiger partial charge >= 0.3 is 5.97 Å². The normalized spacial score (nSPS) is 11.0. The highest BCUT2D eigenvalue weighted by Crippen LogP contribution is 2.26. The SMILES string of the molecule is Cc1cccc(C)c1C(=O)C(C(=O)OCc1ccccc1)c1ccccc1.O=P. The average Bonchev–Trinajstić information content (AvgIpc) is 2.75. The van der Waals surface area contributed by atoms with Gasteiger partial charge in [0.05, 0.1) is 0 Å². The maximum atomic E-state index is 13.3. The fourth-order valence-corrected chi connectivity index (χ4v) is 3.20. The molecular weight excluding hydrogens is 383 g/mol. The lowest BCUT2D eigenvalue weighted by Gasteiger charge is -2.18. The number of hydrogen-bond acceptors (Lipinski definition) is 4. The van der Waals surface area contributed by atoms with Crippen LogP contribution in [0, 0.1) is 13.8 Å². The van der Waals surface area contributed by atoms with E-state index < -0.39 is 11.9 Å². The first-order chi connectivity index (χ1) is 14.1. The van der Waals surface area contributed by atoms with Crippen molar-refractivity contribution in [3.63, 3.8) is 0 Å². The van der Waals surface area contributed by atoms with Crippen LogP contribution in [0.2, 0.25) is 0 Å². The number of ketones is 1. The zero-order valence-electron chi connectivity index (χ0n) is 16.4. The molecule has 0 radical (unpaired) electrons. The lowest BCUT2D eigenvalue weighted by molar-refractivity contribution is -0.145. The minimum absolute atomic E-state index is 0.142. The first-order valence-corrected chi connectivity index (χ1v) is 9.55. The van der Waals surface area contributed by atoms with Crippen molar-refractivity contribution < 1.29 is 18.9 Å². The Labute approximate surface area is 173 Å². The monoisotopic (exact) mass is 406 g/mol. The van der Waals surface area contributed by atoms with Crippen LogP contribution in [0.25, 0.3) is 0 Å². The van der Waals surface area contributed by atoms with E-state index in [4.69, 9.17) is 9.30 Å². The molecule has 3 aromatic rings. The summed E-state index contributed by atoms with van der Waals surface area (Å²) in [6.45, 7) is 3.91. The molecule has 3 rings (SSSR count). The third-order valence-electron chi connectivity index (χ3n) is 4.58. The predicted octanol–water partition coefficient (Wildman–Crippen LogP) is 5.49. The molecule has 0 heterocycles. The van der Waals surface area contributed by atoms with Gasteiger partial charge in [-0.05, 0) is 36.1 Å². The van der Waals surface area contributed by atoms with Crippen LogP contribution in [-0.4, -0.2) is 11.8 Å². The molecule has 0 aromatic heterocycles. The summed E-state index contributed by atoms with van der Waals surface area (Å²) < 4.78 is 13.6. The third-order valence-corrected chi connectivity index (χ3v) is 4.58. The number of aryl methyl sites for hydroxylation is 2. The summed E-state index contributed by atoms with van der Waals surface area (Å²) in [7, 11) is 1.72. The molecule has 0 aliphatic rings. The van der Waals surface area contributed by atoms with Crippen molar-refractivity contribution in [2.45, 2.75) is 26.4 Å². The van der Waals surface area contributed by atoms with E-state index in [1.165, 1.54) is 0 Å². The fourth-order valence-electron chi connectivity index (χ4n) is 3.20. The van der Waals surface area contributed by atoms with E-state index in [9.17, 15) is 9.59 Å². The summed E-state index contributed by atoms with van der Waals surface area (Å²) in [5.74, 6) is -1.73. The van der Waals surface area contributed by atoms with Gasteiger partial charge in [0, 0.05) is 5.56 Å². The molecule has 0 N–H and O–H groups in total. The van der Waals surface area contributed by atoms with Crippen LogP contribution in [0.15, 0.2) is 78.9 Å². The second-order valence-electron chi connectivity index (χ2n) is 6.57. The minimum atomic E-state index is -0.977. The minimum Gasteiger partial charge on any atom is -0.460 e. The number of hydrogen-bond donors (Lipinski definition) is 0. The third kappa shape index (κ3) is 5.69. The van der Waals surface area contributed by atoms with Crippen molar-refractivity contribution in [3.8, 4) is 0 Å². The molecule has 3 aromatic carbocycles. The molecular formula is C24H23O4P. The van der Waals surface area contributed by atoms with E-state index >= 15 is 0 Å². The molecule has 1 atom stereocenters. The quantitative estimate of drug-likeness (QED) is 0.235. The van der Waals surface area contributed by atoms with Gasteiger partial charge in [-0.2, -0.15) is 0 Å². The molecule has 0 saturated carbocycles. The van der Waals surface area contributed by atoms with Gasteiger partial charge in [0.25, 0.3) is 0 Å². The highest BCUT2D eigenvalue weighted by atomic mass is 31.0. The van der Waals surface area contributed by atoms with Gasteiger partial charge < -0.3 is 4.74 Å². The fraction of sp³-hybridized carbons (Fsp3) is 0.167. The molecule has 0 amide bonds. The molecule has 0 spiro atoms. The first kappa shape index (κ1) is 22.2. The van der Waals surface area contributed by atoms with Gasteiger partial charge in [0.1, 0.15) is 21.6 Å². The van der Waals surface area contributed by atoms with Crippen LogP contribution in [0.1, 0.15) is 38.5 Å². The molecule has 1 unspecified atom stereocenters. The number of esters is 1. The molecule has 0 saturated heterocycles. The van der Waals surface area contributed by atoms with Crippen LogP contribution in [-0.2, 0) is 20.7 Å². The van der Waals surface area contributed by atoms with Crippen molar-refractivity contribution in [1.82, 2.24) is 0 Å². The molecule has 0 aliphatic heterocycles. The van der Waals surface area contributed by atoms with E-state index in [0.717, 1.165) is 16.7 Å². The largest absolute Gasteiger partial charge is 0.460 e. The summed E-state index contributed by atoms with van der Waals surface area (Å²) in [4.78, 5) is 26.3. The number of Topliss-reactive ketones (excluding diaryl/α,β-unsaturated/α-hetero) is 1. The standard InChI is InChI=1S/C24H22O3.HOP/c1-17-10-9-11-18(2)21(17)23(25)22(20-14-7-4-8-15-20)24(26)27-16-19-12-5-3-6-13-19;1-2/h3-15,22H,16H2,1-2H3;2H. The van der Waals surface area contributed by atoms with Gasteiger partial charge in [-0.1, -0.05) is 78.9 Å². The van der Waals surface area contributed by atoms with Gasteiger partial charge in [0.2, 0.25) is 0 Å². The highest BCUT2D eigenvalue weighted by molar-refractivity contribution is 7.00. The number of carbonyl (C=O) groups is 2. The maximum Gasteiger partial charge on any atom is 0.321 e. The van der Waals surface area contributed by atoms with E-state index in [2.05, 4.69) is 0 Å². The van der Waals surface area contributed by atoms with Crippen LogP contribution in [0.3, 0.4) is 0 Å². The predicted molar refractivity (Wildman–Crippen MR) is 115 cm³/mol. The molecule has 0 aliphatic carbocycles. The molecule has 148 valence electrons. The summed E-state index contributed by atoms with van der Waals surface area (Å²) in [5, 5.41) is 0. The van der Waals surface area contributed by atoms with E-state index in [-0.39, 0.29) is 12.4 Å². The summed E-state index contributed by atoms with van der Waals surface area (Å²) >= 11 is 0. The Hall–Kier alpha value is -3.10. The zero-order valence-corrected chi connectivity index (χ0v) is 17.4. The van der Waals surface area contributed by atoms with E-state index in [0.29, 0.717) is 11.1 Å². The molecule has 0 bridgehead atoms. The Morgan fingerprint density at radius 1 is 0.793 bits per heavy atom. The van der Waals surface area contributed by atoms with Crippen molar-refractivity contribution in [2.24, 2.45) is 0 Å². The summed E-state index contributed by atoms with van der Waals surface area (Å²) in [6, 6.07) is 24.2. The highest BCUT2D eigenvalue weighted by Gasteiger charge is 2.32. The van der Waals surface area contributed by atoms with E-state index in [1.54, 1.807) is 21.3 Å². The Kier molecular flexibility index (Phi) is 8.45. The Bertz CT molecular complexity index is 935.